The summed E-state index contributed by atoms with van der Waals surface area (Å²) < 4.78 is 6.21. The first-order valence-corrected chi connectivity index (χ1v) is 15.1. The molecule has 1 fully saturated rings. The quantitative estimate of drug-likeness (QED) is 0.0918. The van der Waals surface area contributed by atoms with Gasteiger partial charge in [0.25, 0.3) is 0 Å². The lowest BCUT2D eigenvalue weighted by molar-refractivity contribution is -0.162. The van der Waals surface area contributed by atoms with E-state index in [0.717, 1.165) is 40.9 Å². The Balaban J connectivity index is 1.39. The molecule has 2 amide bonds. The highest BCUT2D eigenvalue weighted by Gasteiger charge is 2.51. The van der Waals surface area contributed by atoms with Crippen molar-refractivity contribution in [2.75, 3.05) is 5.32 Å². The van der Waals surface area contributed by atoms with Gasteiger partial charge in [-0.1, -0.05) is 79.1 Å². The minimum absolute atomic E-state index is 0.0123. The number of anilines is 1. The molecule has 1 unspecified atom stereocenters. The van der Waals surface area contributed by atoms with Gasteiger partial charge in [-0.15, -0.1) is 0 Å². The summed E-state index contributed by atoms with van der Waals surface area (Å²) in [5.74, 6) is -0.650. The standard InChI is InChI=1S/C31H37IN4O5/c1-3-4-9-24(35-29(38)31(30(39)40)15-7-16-31)28(37)34-21-13-11-20(12-14-21)18-41-25-10-6-5-8-22(25)23-17-19(2)27(33)36-26(23)32/h5-6,8,10-14,17,24,26,36H,3-4,7,9,15-16,18,33H2,1-2H3,(H,34,37)(H,35,38)(H,39,40)/t24-,26?/m0/s1. The van der Waals surface area contributed by atoms with Gasteiger partial charge in [-0.05, 0) is 67.2 Å². The summed E-state index contributed by atoms with van der Waals surface area (Å²) in [4.78, 5) is 37.6. The maximum Gasteiger partial charge on any atom is 0.319 e. The van der Waals surface area contributed by atoms with Crippen molar-refractivity contribution in [3.05, 3.63) is 77.1 Å². The van der Waals surface area contributed by atoms with Crippen LogP contribution in [0.3, 0.4) is 0 Å². The second-order valence-corrected chi connectivity index (χ2v) is 11.8. The number of carbonyl (C=O) groups excluding carboxylic acids is 2. The van der Waals surface area contributed by atoms with E-state index < -0.39 is 23.3 Å². The zero-order valence-corrected chi connectivity index (χ0v) is 25.5. The molecule has 4 rings (SSSR count). The summed E-state index contributed by atoms with van der Waals surface area (Å²) >= 11 is 2.31. The van der Waals surface area contributed by atoms with Crippen LogP contribution < -0.4 is 26.4 Å². The number of amides is 2. The lowest BCUT2D eigenvalue weighted by Crippen LogP contribution is -2.55. The Hall–Kier alpha value is -3.54. The van der Waals surface area contributed by atoms with Crippen molar-refractivity contribution in [2.45, 2.75) is 69.1 Å². The molecule has 2 aromatic rings. The van der Waals surface area contributed by atoms with Crippen molar-refractivity contribution in [1.82, 2.24) is 10.6 Å². The fraction of sp³-hybridized carbons (Fsp3) is 0.387. The van der Waals surface area contributed by atoms with Gasteiger partial charge in [0, 0.05) is 11.3 Å². The number of hydrogen-bond donors (Lipinski definition) is 5. The number of nitrogens with one attached hydrogen (secondary N) is 3. The van der Waals surface area contributed by atoms with Crippen LogP contribution >= 0.6 is 22.6 Å². The fourth-order valence-electron chi connectivity index (χ4n) is 4.87. The number of dihydropyridines is 1. The summed E-state index contributed by atoms with van der Waals surface area (Å²) in [7, 11) is 0. The predicted octanol–water partition coefficient (Wildman–Crippen LogP) is 5.07. The minimum Gasteiger partial charge on any atom is -0.488 e. The molecule has 1 saturated carbocycles. The van der Waals surface area contributed by atoms with Crippen molar-refractivity contribution >= 4 is 51.6 Å². The monoisotopic (exact) mass is 672 g/mol. The molecule has 41 heavy (non-hydrogen) atoms. The van der Waals surface area contributed by atoms with E-state index in [9.17, 15) is 19.5 Å². The maximum absolute atomic E-state index is 13.1. The van der Waals surface area contributed by atoms with Gasteiger partial charge in [-0.25, -0.2) is 0 Å². The molecule has 218 valence electrons. The Bertz CT molecular complexity index is 1350. The molecule has 0 saturated heterocycles. The number of carbonyl (C=O) groups is 3. The van der Waals surface area contributed by atoms with Crippen LogP contribution in [0.2, 0.25) is 0 Å². The number of benzene rings is 2. The lowest BCUT2D eigenvalue weighted by Gasteiger charge is -2.36. The van der Waals surface area contributed by atoms with E-state index in [1.54, 1.807) is 12.1 Å². The Morgan fingerprint density at radius 1 is 1.17 bits per heavy atom. The minimum atomic E-state index is -1.42. The predicted molar refractivity (Wildman–Crippen MR) is 167 cm³/mol. The van der Waals surface area contributed by atoms with Gasteiger partial charge in [0.15, 0.2) is 0 Å². The van der Waals surface area contributed by atoms with E-state index >= 15 is 0 Å². The number of nitrogens with two attached hydrogens (primary N) is 1. The molecule has 1 aliphatic heterocycles. The van der Waals surface area contributed by atoms with E-state index in [0.29, 0.717) is 43.8 Å². The Morgan fingerprint density at radius 2 is 1.88 bits per heavy atom. The summed E-state index contributed by atoms with van der Waals surface area (Å²) in [6.45, 7) is 4.30. The number of unbranched alkanes of at least 4 members (excludes halogenated alkanes) is 1. The average molecular weight is 673 g/mol. The second kappa shape index (κ2) is 13.4. The molecular formula is C31H37IN4O5. The van der Waals surface area contributed by atoms with Crippen molar-refractivity contribution in [2.24, 2.45) is 11.1 Å². The Labute approximate surface area is 254 Å². The number of ether oxygens (including phenoxy) is 1. The van der Waals surface area contributed by atoms with Crippen LogP contribution in [-0.2, 0) is 21.0 Å². The third kappa shape index (κ3) is 7.03. The van der Waals surface area contributed by atoms with Crippen LogP contribution in [0.15, 0.2) is 66.0 Å². The van der Waals surface area contributed by atoms with Crippen LogP contribution in [0.4, 0.5) is 5.69 Å². The van der Waals surface area contributed by atoms with Gasteiger partial charge < -0.3 is 31.5 Å². The number of rotatable bonds is 12. The smallest absolute Gasteiger partial charge is 0.319 e. The number of carboxylic acids is 1. The van der Waals surface area contributed by atoms with E-state index in [-0.39, 0.29) is 9.96 Å². The lowest BCUT2D eigenvalue weighted by atomic mass is 9.68. The Kier molecular flexibility index (Phi) is 9.95. The van der Waals surface area contributed by atoms with Crippen molar-refractivity contribution in [3.63, 3.8) is 0 Å². The SMILES string of the molecule is CCCC[C@H](NC(=O)C1(C(=O)O)CCC1)C(=O)Nc1ccc(COc2ccccc2C2=CC(C)=C(N)NC2I)cc1. The van der Waals surface area contributed by atoms with Crippen LogP contribution in [0.1, 0.15) is 63.5 Å². The summed E-state index contributed by atoms with van der Waals surface area (Å²) in [6.07, 6.45) is 5.36. The number of hydrogen-bond acceptors (Lipinski definition) is 6. The number of halogens is 1. The van der Waals surface area contributed by atoms with Gasteiger partial charge in [-0.2, -0.15) is 0 Å². The summed E-state index contributed by atoms with van der Waals surface area (Å²) in [5, 5.41) is 18.5. The third-order valence-electron chi connectivity index (χ3n) is 7.69. The highest BCUT2D eigenvalue weighted by atomic mass is 127. The number of para-hydroxylation sites is 1. The molecular weight excluding hydrogens is 635 g/mol. The van der Waals surface area contributed by atoms with E-state index in [2.05, 4.69) is 44.6 Å². The number of allylic oxidation sites excluding steroid dienone is 2. The molecule has 9 nitrogen and oxygen atoms in total. The van der Waals surface area contributed by atoms with E-state index in [4.69, 9.17) is 10.5 Å². The van der Waals surface area contributed by atoms with Gasteiger partial charge in [-0.3, -0.25) is 14.4 Å². The van der Waals surface area contributed by atoms with Crippen molar-refractivity contribution in [3.8, 4) is 5.75 Å². The fourth-order valence-corrected chi connectivity index (χ4v) is 5.72. The molecule has 0 aromatic heterocycles. The number of carboxylic acid groups (broad SMARTS) is 1. The van der Waals surface area contributed by atoms with Crippen LogP contribution in [0, 0.1) is 5.41 Å². The van der Waals surface area contributed by atoms with E-state index in [1.807, 2.05) is 50.2 Å². The van der Waals surface area contributed by atoms with Gasteiger partial charge >= 0.3 is 5.97 Å². The first-order chi connectivity index (χ1) is 19.6. The van der Waals surface area contributed by atoms with Gasteiger partial charge in [0.2, 0.25) is 11.8 Å². The summed E-state index contributed by atoms with van der Waals surface area (Å²) in [6, 6.07) is 14.4. The molecule has 1 aliphatic carbocycles. The molecule has 2 aliphatic rings. The van der Waals surface area contributed by atoms with Crippen LogP contribution in [-0.4, -0.2) is 33.0 Å². The van der Waals surface area contributed by atoms with Crippen LogP contribution in [0.5, 0.6) is 5.75 Å². The molecule has 2 atom stereocenters. The molecule has 1 heterocycles. The Morgan fingerprint density at radius 3 is 2.51 bits per heavy atom. The molecule has 2 aromatic carbocycles. The number of alkyl halides is 1. The highest BCUT2D eigenvalue weighted by molar-refractivity contribution is 14.1. The topological polar surface area (TPSA) is 143 Å². The zero-order chi connectivity index (χ0) is 29.6. The van der Waals surface area contributed by atoms with E-state index in [1.165, 1.54) is 0 Å². The molecule has 6 N–H and O–H groups in total. The normalized spacial score (nSPS) is 18.3. The zero-order valence-electron chi connectivity index (χ0n) is 23.3. The molecule has 0 spiro atoms. The van der Waals surface area contributed by atoms with Crippen molar-refractivity contribution < 1.29 is 24.2 Å². The highest BCUT2D eigenvalue weighted by Crippen LogP contribution is 2.41. The second-order valence-electron chi connectivity index (χ2n) is 10.6. The largest absolute Gasteiger partial charge is 0.488 e. The third-order valence-corrected chi connectivity index (χ3v) is 8.67. The van der Waals surface area contributed by atoms with Crippen molar-refractivity contribution in [1.29, 1.82) is 0 Å². The first-order valence-electron chi connectivity index (χ1n) is 13.9. The van der Waals surface area contributed by atoms with Gasteiger partial charge in [0.1, 0.15) is 33.7 Å². The number of aliphatic carboxylic acids is 1. The molecule has 0 bridgehead atoms. The maximum atomic E-state index is 13.1. The average Bonchev–Trinajstić information content (AvgIpc) is 2.92. The van der Waals surface area contributed by atoms with Crippen LogP contribution in [0.25, 0.3) is 5.57 Å². The molecule has 10 heteroatoms. The summed E-state index contributed by atoms with van der Waals surface area (Å²) in [5.41, 5.74) is 9.17. The van der Waals surface area contributed by atoms with Gasteiger partial charge in [0.05, 0.1) is 0 Å². The molecule has 0 radical (unpaired) electrons. The first kappa shape index (κ1) is 30.4.